The molecule has 1 aliphatic rings. The zero-order valence-electron chi connectivity index (χ0n) is 7.19. The van der Waals surface area contributed by atoms with Crippen molar-refractivity contribution in [3.05, 3.63) is 34.9 Å². The third-order valence-corrected chi connectivity index (χ3v) is 2.56. The van der Waals surface area contributed by atoms with E-state index in [1.54, 1.807) is 0 Å². The van der Waals surface area contributed by atoms with Gasteiger partial charge < -0.3 is 5.73 Å². The molecule has 0 bridgehead atoms. The van der Waals surface area contributed by atoms with Crippen molar-refractivity contribution < 1.29 is 8.78 Å². The molecule has 1 nitrogen and oxygen atoms in total. The summed E-state index contributed by atoms with van der Waals surface area (Å²) in [5.74, 6) is -0.699. The normalized spacial score (nSPS) is 21.3. The molecule has 2 rings (SSSR count). The Morgan fingerprint density at radius 3 is 2.62 bits per heavy atom. The number of nitrogens with two attached hydrogens (primary N) is 1. The highest BCUT2D eigenvalue weighted by atomic mass is 19.1. The van der Waals surface area contributed by atoms with Gasteiger partial charge in [0.05, 0.1) is 0 Å². The Hall–Kier alpha value is -0.960. The van der Waals surface area contributed by atoms with Crippen LogP contribution in [-0.2, 0) is 6.42 Å². The van der Waals surface area contributed by atoms with Gasteiger partial charge in [0.1, 0.15) is 11.6 Å². The first kappa shape index (κ1) is 8.63. The lowest BCUT2D eigenvalue weighted by Gasteiger charge is -2.22. The summed E-state index contributed by atoms with van der Waals surface area (Å²) >= 11 is 0. The number of hydrogen-bond donors (Lipinski definition) is 1. The Bertz CT molecular complexity index is 336. The number of fused-ring (bicyclic) bond motifs is 1. The molecule has 0 heterocycles. The molecule has 0 fully saturated rings. The van der Waals surface area contributed by atoms with Gasteiger partial charge in [-0.2, -0.15) is 0 Å². The predicted octanol–water partition coefficient (Wildman–Crippen LogP) is 2.30. The van der Waals surface area contributed by atoms with E-state index in [1.807, 2.05) is 0 Å². The molecular formula is C10H11F2N. The van der Waals surface area contributed by atoms with Gasteiger partial charge in [-0.25, -0.2) is 8.78 Å². The second kappa shape index (κ2) is 3.07. The van der Waals surface area contributed by atoms with Gasteiger partial charge in [-0.3, -0.25) is 0 Å². The lowest BCUT2D eigenvalue weighted by atomic mass is 9.87. The zero-order valence-corrected chi connectivity index (χ0v) is 7.19. The molecule has 0 spiro atoms. The minimum atomic E-state index is -0.372. The maximum atomic E-state index is 13.3. The fourth-order valence-electron chi connectivity index (χ4n) is 1.91. The second-order valence-corrected chi connectivity index (χ2v) is 3.42. The van der Waals surface area contributed by atoms with Crippen molar-refractivity contribution in [2.75, 3.05) is 0 Å². The molecule has 0 saturated carbocycles. The van der Waals surface area contributed by atoms with E-state index in [4.69, 9.17) is 5.73 Å². The fourth-order valence-corrected chi connectivity index (χ4v) is 1.91. The molecule has 1 atom stereocenters. The van der Waals surface area contributed by atoms with Gasteiger partial charge in [0.2, 0.25) is 0 Å². The summed E-state index contributed by atoms with van der Waals surface area (Å²) in [5.41, 5.74) is 6.56. The maximum absolute atomic E-state index is 13.3. The lowest BCUT2D eigenvalue weighted by Crippen LogP contribution is -2.20. The van der Waals surface area contributed by atoms with Crippen LogP contribution in [0.5, 0.6) is 0 Å². The van der Waals surface area contributed by atoms with E-state index >= 15 is 0 Å². The molecule has 1 aromatic rings. The van der Waals surface area contributed by atoms with Crippen LogP contribution in [0.15, 0.2) is 12.1 Å². The van der Waals surface area contributed by atoms with Gasteiger partial charge in [0, 0.05) is 11.6 Å². The Balaban J connectivity index is 2.60. The monoisotopic (exact) mass is 183 g/mol. The smallest absolute Gasteiger partial charge is 0.128 e. The Morgan fingerprint density at radius 2 is 1.92 bits per heavy atom. The SMILES string of the molecule is N[C@H]1CCCc2c(F)ccc(F)c21. The summed E-state index contributed by atoms with van der Waals surface area (Å²) in [6, 6.07) is 1.99. The van der Waals surface area contributed by atoms with E-state index in [0.717, 1.165) is 18.9 Å². The quantitative estimate of drug-likeness (QED) is 0.656. The van der Waals surface area contributed by atoms with Crippen LogP contribution in [0, 0.1) is 11.6 Å². The lowest BCUT2D eigenvalue weighted by molar-refractivity contribution is 0.493. The fraction of sp³-hybridized carbons (Fsp3) is 0.400. The molecule has 70 valence electrons. The average Bonchev–Trinajstić information content (AvgIpc) is 2.12. The molecule has 0 amide bonds. The van der Waals surface area contributed by atoms with Crippen LogP contribution in [0.25, 0.3) is 0 Å². The first-order chi connectivity index (χ1) is 6.20. The minimum Gasteiger partial charge on any atom is -0.324 e. The third kappa shape index (κ3) is 1.33. The highest BCUT2D eigenvalue weighted by Gasteiger charge is 2.23. The van der Waals surface area contributed by atoms with E-state index in [1.165, 1.54) is 6.07 Å². The van der Waals surface area contributed by atoms with Gasteiger partial charge in [-0.1, -0.05) is 0 Å². The largest absolute Gasteiger partial charge is 0.324 e. The number of halogens is 2. The summed E-state index contributed by atoms with van der Waals surface area (Å²) in [4.78, 5) is 0. The van der Waals surface area contributed by atoms with Crippen molar-refractivity contribution in [1.82, 2.24) is 0 Å². The van der Waals surface area contributed by atoms with Gasteiger partial charge in [-0.15, -0.1) is 0 Å². The van der Waals surface area contributed by atoms with Crippen LogP contribution in [0.3, 0.4) is 0 Å². The molecule has 2 N–H and O–H groups in total. The van der Waals surface area contributed by atoms with E-state index in [-0.39, 0.29) is 17.7 Å². The molecule has 0 radical (unpaired) electrons. The summed E-state index contributed by atoms with van der Waals surface area (Å²) < 4.78 is 26.5. The van der Waals surface area contributed by atoms with Crippen LogP contribution >= 0.6 is 0 Å². The molecule has 1 aromatic carbocycles. The molecule has 0 saturated heterocycles. The first-order valence-corrected chi connectivity index (χ1v) is 4.42. The molecule has 0 unspecified atom stereocenters. The van der Waals surface area contributed by atoms with Crippen LogP contribution in [-0.4, -0.2) is 0 Å². The van der Waals surface area contributed by atoms with Crippen molar-refractivity contribution >= 4 is 0 Å². The van der Waals surface area contributed by atoms with Crippen molar-refractivity contribution in [3.8, 4) is 0 Å². The highest BCUT2D eigenvalue weighted by Crippen LogP contribution is 2.31. The number of rotatable bonds is 0. The highest BCUT2D eigenvalue weighted by molar-refractivity contribution is 5.34. The number of benzene rings is 1. The van der Waals surface area contributed by atoms with E-state index < -0.39 is 0 Å². The van der Waals surface area contributed by atoms with Gasteiger partial charge in [-0.05, 0) is 37.0 Å². The van der Waals surface area contributed by atoms with Crippen molar-refractivity contribution in [2.45, 2.75) is 25.3 Å². The van der Waals surface area contributed by atoms with Gasteiger partial charge in [0.25, 0.3) is 0 Å². The zero-order chi connectivity index (χ0) is 9.42. The first-order valence-electron chi connectivity index (χ1n) is 4.42. The molecule has 0 aliphatic heterocycles. The van der Waals surface area contributed by atoms with E-state index in [2.05, 4.69) is 0 Å². The standard InChI is InChI=1S/C10H11F2N/c11-7-4-5-8(12)10-6(7)2-1-3-9(10)13/h4-5,9H,1-3,13H2/t9-/m0/s1. The van der Waals surface area contributed by atoms with Crippen LogP contribution in [0.4, 0.5) is 8.78 Å². The Kier molecular flexibility index (Phi) is 2.04. The Morgan fingerprint density at radius 1 is 1.23 bits per heavy atom. The third-order valence-electron chi connectivity index (χ3n) is 2.56. The van der Waals surface area contributed by atoms with Crippen LogP contribution < -0.4 is 5.73 Å². The molecule has 0 aromatic heterocycles. The second-order valence-electron chi connectivity index (χ2n) is 3.42. The summed E-state index contributed by atoms with van der Waals surface area (Å²) in [6.07, 6.45) is 2.19. The molecular weight excluding hydrogens is 172 g/mol. The predicted molar refractivity (Wildman–Crippen MR) is 46.2 cm³/mol. The average molecular weight is 183 g/mol. The topological polar surface area (TPSA) is 26.0 Å². The van der Waals surface area contributed by atoms with Crippen molar-refractivity contribution in [2.24, 2.45) is 5.73 Å². The summed E-state index contributed by atoms with van der Waals surface area (Å²) in [6.45, 7) is 0. The van der Waals surface area contributed by atoms with Crippen molar-refractivity contribution in [1.29, 1.82) is 0 Å². The molecule has 13 heavy (non-hydrogen) atoms. The van der Waals surface area contributed by atoms with E-state index in [0.29, 0.717) is 17.5 Å². The van der Waals surface area contributed by atoms with Gasteiger partial charge >= 0.3 is 0 Å². The molecule has 1 aliphatic carbocycles. The minimum absolute atomic E-state index is 0.327. The Labute approximate surface area is 75.6 Å². The molecule has 3 heteroatoms. The van der Waals surface area contributed by atoms with Crippen LogP contribution in [0.2, 0.25) is 0 Å². The van der Waals surface area contributed by atoms with Crippen LogP contribution in [0.1, 0.15) is 30.0 Å². The number of hydrogen-bond acceptors (Lipinski definition) is 1. The summed E-state index contributed by atoms with van der Waals surface area (Å²) in [7, 11) is 0. The van der Waals surface area contributed by atoms with E-state index in [9.17, 15) is 8.78 Å². The summed E-state index contributed by atoms with van der Waals surface area (Å²) in [5, 5.41) is 0. The maximum Gasteiger partial charge on any atom is 0.128 e. The van der Waals surface area contributed by atoms with Crippen molar-refractivity contribution in [3.63, 3.8) is 0 Å². The van der Waals surface area contributed by atoms with Gasteiger partial charge in [0.15, 0.2) is 0 Å².